The molecule has 1 aromatic carbocycles. The molecule has 1 amide bonds. The summed E-state index contributed by atoms with van der Waals surface area (Å²) in [4.78, 5) is 14.2. The van der Waals surface area contributed by atoms with Crippen molar-refractivity contribution in [3.05, 3.63) is 35.1 Å². The quantitative estimate of drug-likeness (QED) is 0.914. The van der Waals surface area contributed by atoms with E-state index >= 15 is 0 Å². The normalized spacial score (nSPS) is 21.6. The minimum Gasteiger partial charge on any atom is -0.396 e. The van der Waals surface area contributed by atoms with Crippen LogP contribution in [-0.2, 0) is 4.79 Å². The molecule has 3 nitrogen and oxygen atoms in total. The fourth-order valence-corrected chi connectivity index (χ4v) is 4.48. The van der Waals surface area contributed by atoms with Crippen LogP contribution in [0.15, 0.2) is 18.2 Å². The SMILES string of the molecule is CC[C@H](CO)C(=O)N1CC2(CCC(c3cccc(F)c3C)CC2)C1. The number of amides is 1. The van der Waals surface area contributed by atoms with E-state index in [0.717, 1.165) is 49.9 Å². The molecule has 1 atom stereocenters. The van der Waals surface area contributed by atoms with Gasteiger partial charge in [0.1, 0.15) is 5.82 Å². The second-order valence-electron chi connectivity index (χ2n) is 7.71. The molecular weight excluding hydrogens is 305 g/mol. The fourth-order valence-electron chi connectivity index (χ4n) is 4.48. The van der Waals surface area contributed by atoms with E-state index in [1.165, 1.54) is 6.07 Å². The lowest BCUT2D eigenvalue weighted by atomic mass is 9.64. The zero-order valence-electron chi connectivity index (χ0n) is 14.7. The molecule has 2 fully saturated rings. The molecule has 0 aromatic heterocycles. The molecule has 1 heterocycles. The average molecular weight is 333 g/mol. The Morgan fingerprint density at radius 3 is 2.62 bits per heavy atom. The predicted molar refractivity (Wildman–Crippen MR) is 92.2 cm³/mol. The zero-order chi connectivity index (χ0) is 17.3. The van der Waals surface area contributed by atoms with Crippen LogP contribution in [-0.4, -0.2) is 35.6 Å². The Morgan fingerprint density at radius 2 is 2.04 bits per heavy atom. The number of benzene rings is 1. The molecule has 1 N–H and O–H groups in total. The van der Waals surface area contributed by atoms with Crippen LogP contribution in [0.25, 0.3) is 0 Å². The molecule has 1 aliphatic heterocycles. The minimum atomic E-state index is -0.242. The zero-order valence-corrected chi connectivity index (χ0v) is 14.7. The molecule has 0 unspecified atom stereocenters. The minimum absolute atomic E-state index is 0.0558. The van der Waals surface area contributed by atoms with Crippen molar-refractivity contribution in [2.75, 3.05) is 19.7 Å². The standard InChI is InChI=1S/C20H28FNO2/c1-3-15(11-23)19(24)22-12-20(13-22)9-7-16(8-10-20)17-5-4-6-18(21)14(17)2/h4-6,15-16,23H,3,7-13H2,1-2H3/t15-/m1/s1. The van der Waals surface area contributed by atoms with E-state index in [9.17, 15) is 14.3 Å². The van der Waals surface area contributed by atoms with Crippen molar-refractivity contribution in [2.45, 2.75) is 51.9 Å². The largest absolute Gasteiger partial charge is 0.396 e. The highest BCUT2D eigenvalue weighted by Gasteiger charge is 2.47. The van der Waals surface area contributed by atoms with Crippen LogP contribution in [0, 0.1) is 24.1 Å². The molecule has 1 aliphatic carbocycles. The molecule has 1 saturated heterocycles. The number of halogens is 1. The number of hydrogen-bond acceptors (Lipinski definition) is 2. The van der Waals surface area contributed by atoms with Crippen LogP contribution < -0.4 is 0 Å². The molecule has 3 rings (SSSR count). The Hall–Kier alpha value is -1.42. The summed E-state index contributed by atoms with van der Waals surface area (Å²) in [6.07, 6.45) is 5.05. The summed E-state index contributed by atoms with van der Waals surface area (Å²) < 4.78 is 13.8. The van der Waals surface area contributed by atoms with Crippen LogP contribution in [0.3, 0.4) is 0 Å². The number of aliphatic hydroxyl groups excluding tert-OH is 1. The number of rotatable bonds is 4. The highest BCUT2D eigenvalue weighted by Crippen LogP contribution is 2.49. The van der Waals surface area contributed by atoms with Crippen molar-refractivity contribution in [2.24, 2.45) is 11.3 Å². The molecule has 132 valence electrons. The number of likely N-dealkylation sites (tertiary alicyclic amines) is 1. The van der Waals surface area contributed by atoms with E-state index in [1.807, 2.05) is 24.8 Å². The van der Waals surface area contributed by atoms with Crippen molar-refractivity contribution in [1.29, 1.82) is 0 Å². The monoisotopic (exact) mass is 333 g/mol. The summed E-state index contributed by atoms with van der Waals surface area (Å²) in [6.45, 7) is 5.42. The van der Waals surface area contributed by atoms with E-state index in [1.54, 1.807) is 0 Å². The molecule has 1 spiro atoms. The van der Waals surface area contributed by atoms with E-state index in [0.29, 0.717) is 12.3 Å². The summed E-state index contributed by atoms with van der Waals surface area (Å²) in [6, 6.07) is 5.40. The van der Waals surface area contributed by atoms with Crippen molar-refractivity contribution in [3.63, 3.8) is 0 Å². The third-order valence-electron chi connectivity index (χ3n) is 6.22. The van der Waals surface area contributed by atoms with Crippen molar-refractivity contribution < 1.29 is 14.3 Å². The van der Waals surface area contributed by atoms with Gasteiger partial charge in [-0.2, -0.15) is 0 Å². The van der Waals surface area contributed by atoms with Gasteiger partial charge in [0.2, 0.25) is 5.91 Å². The highest BCUT2D eigenvalue weighted by atomic mass is 19.1. The maximum Gasteiger partial charge on any atom is 0.228 e. The van der Waals surface area contributed by atoms with Crippen molar-refractivity contribution >= 4 is 5.91 Å². The van der Waals surface area contributed by atoms with Crippen LogP contribution in [0.4, 0.5) is 4.39 Å². The number of nitrogens with zero attached hydrogens (tertiary/aromatic N) is 1. The maximum atomic E-state index is 13.8. The van der Waals surface area contributed by atoms with Gasteiger partial charge in [-0.15, -0.1) is 0 Å². The molecule has 4 heteroatoms. The summed E-state index contributed by atoms with van der Waals surface area (Å²) in [5.41, 5.74) is 2.21. The Labute approximate surface area is 143 Å². The van der Waals surface area contributed by atoms with Crippen LogP contribution in [0.2, 0.25) is 0 Å². The molecule has 1 saturated carbocycles. The fraction of sp³-hybridized carbons (Fsp3) is 0.650. The second-order valence-corrected chi connectivity index (χ2v) is 7.71. The smallest absolute Gasteiger partial charge is 0.228 e. The van der Waals surface area contributed by atoms with Gasteiger partial charge in [0.25, 0.3) is 0 Å². The summed E-state index contributed by atoms with van der Waals surface area (Å²) in [7, 11) is 0. The first-order valence-electron chi connectivity index (χ1n) is 9.14. The van der Waals surface area contributed by atoms with Gasteiger partial charge >= 0.3 is 0 Å². The van der Waals surface area contributed by atoms with Crippen LogP contribution in [0.1, 0.15) is 56.1 Å². The third-order valence-corrected chi connectivity index (χ3v) is 6.22. The Balaban J connectivity index is 1.57. The molecular formula is C20H28FNO2. The molecule has 2 aliphatic rings. The summed E-state index contributed by atoms with van der Waals surface area (Å²) >= 11 is 0. The van der Waals surface area contributed by atoms with Crippen molar-refractivity contribution in [3.8, 4) is 0 Å². The number of carbonyl (C=O) groups excluding carboxylic acids is 1. The van der Waals surface area contributed by atoms with Gasteiger partial charge in [0, 0.05) is 18.5 Å². The molecule has 24 heavy (non-hydrogen) atoms. The van der Waals surface area contributed by atoms with Gasteiger partial charge in [-0.1, -0.05) is 19.1 Å². The first-order valence-corrected chi connectivity index (χ1v) is 9.14. The van der Waals surface area contributed by atoms with Gasteiger partial charge in [-0.05, 0) is 62.1 Å². The van der Waals surface area contributed by atoms with E-state index in [4.69, 9.17) is 0 Å². The van der Waals surface area contributed by atoms with Crippen molar-refractivity contribution in [1.82, 2.24) is 4.90 Å². The second kappa shape index (κ2) is 6.83. The predicted octanol–water partition coefficient (Wildman–Crippen LogP) is 3.64. The Kier molecular flexibility index (Phi) is 4.95. The lowest BCUT2D eigenvalue weighted by Gasteiger charge is -2.54. The summed E-state index contributed by atoms with van der Waals surface area (Å²) in [5, 5.41) is 9.30. The summed E-state index contributed by atoms with van der Waals surface area (Å²) in [5.74, 6) is 0.196. The molecule has 0 bridgehead atoms. The first-order chi connectivity index (χ1) is 11.5. The maximum absolute atomic E-state index is 13.8. The number of carbonyl (C=O) groups is 1. The topological polar surface area (TPSA) is 40.5 Å². The third kappa shape index (κ3) is 3.08. The lowest BCUT2D eigenvalue weighted by molar-refractivity contribution is -0.151. The van der Waals surface area contributed by atoms with E-state index < -0.39 is 0 Å². The Morgan fingerprint density at radius 1 is 1.38 bits per heavy atom. The van der Waals surface area contributed by atoms with Gasteiger partial charge < -0.3 is 10.0 Å². The highest BCUT2D eigenvalue weighted by molar-refractivity contribution is 5.80. The van der Waals surface area contributed by atoms with E-state index in [-0.39, 0.29) is 29.7 Å². The van der Waals surface area contributed by atoms with Gasteiger partial charge in [0.15, 0.2) is 0 Å². The lowest BCUT2D eigenvalue weighted by Crippen LogP contribution is -2.60. The first kappa shape index (κ1) is 17.4. The molecule has 1 aromatic rings. The van der Waals surface area contributed by atoms with Crippen LogP contribution >= 0.6 is 0 Å². The van der Waals surface area contributed by atoms with Crippen LogP contribution in [0.5, 0.6) is 0 Å². The van der Waals surface area contributed by atoms with Gasteiger partial charge in [0.05, 0.1) is 12.5 Å². The Bertz CT molecular complexity index is 596. The van der Waals surface area contributed by atoms with Gasteiger partial charge in [-0.25, -0.2) is 4.39 Å². The molecule has 0 radical (unpaired) electrons. The van der Waals surface area contributed by atoms with Gasteiger partial charge in [-0.3, -0.25) is 4.79 Å². The average Bonchev–Trinajstić information content (AvgIpc) is 2.56. The number of aliphatic hydroxyl groups is 1. The van der Waals surface area contributed by atoms with E-state index in [2.05, 4.69) is 6.07 Å². The number of hydrogen-bond donors (Lipinski definition) is 1.